The minimum atomic E-state index is 0.460. The minimum absolute atomic E-state index is 0.460. The van der Waals surface area contributed by atoms with Crippen molar-refractivity contribution >= 4 is 5.82 Å². The summed E-state index contributed by atoms with van der Waals surface area (Å²) in [4.78, 5) is 8.75. The van der Waals surface area contributed by atoms with Crippen molar-refractivity contribution in [2.45, 2.75) is 51.9 Å². The maximum Gasteiger partial charge on any atom is 0.224 e. The van der Waals surface area contributed by atoms with Crippen LogP contribution in [0.3, 0.4) is 0 Å². The minimum Gasteiger partial charge on any atom is -0.439 e. The molecule has 0 radical (unpaired) electrons. The van der Waals surface area contributed by atoms with Crippen LogP contribution >= 0.6 is 0 Å². The van der Waals surface area contributed by atoms with Crippen LogP contribution in [0.2, 0.25) is 0 Å². The SMILES string of the molecule is CCCCCCCCc1nc(N)cc(Oc2ccccc2)n1. The number of unbranched alkanes of at least 4 members (excludes halogenated alkanes) is 5. The zero-order valence-electron chi connectivity index (χ0n) is 13.3. The summed E-state index contributed by atoms with van der Waals surface area (Å²) in [6.45, 7) is 2.23. The van der Waals surface area contributed by atoms with Gasteiger partial charge in [0.05, 0.1) is 0 Å². The number of hydrogen-bond acceptors (Lipinski definition) is 4. The normalized spacial score (nSPS) is 10.6. The van der Waals surface area contributed by atoms with Gasteiger partial charge in [0, 0.05) is 12.5 Å². The average Bonchev–Trinajstić information content (AvgIpc) is 2.51. The molecule has 0 unspecified atom stereocenters. The molecule has 0 fully saturated rings. The van der Waals surface area contributed by atoms with Crippen LogP contribution in [0.4, 0.5) is 5.82 Å². The Morgan fingerprint density at radius 2 is 1.68 bits per heavy atom. The predicted octanol–water partition coefficient (Wildman–Crippen LogP) is 4.75. The highest BCUT2D eigenvalue weighted by Gasteiger charge is 2.05. The third-order valence-corrected chi connectivity index (χ3v) is 3.49. The standard InChI is InChI=1S/C18H25N3O/c1-2-3-4-5-6-10-13-17-20-16(19)14-18(21-17)22-15-11-8-7-9-12-15/h7-9,11-12,14H,2-6,10,13H2,1H3,(H2,19,20,21). The third-order valence-electron chi connectivity index (χ3n) is 3.49. The fourth-order valence-electron chi connectivity index (χ4n) is 2.33. The molecule has 2 rings (SSSR count). The van der Waals surface area contributed by atoms with E-state index in [2.05, 4.69) is 16.9 Å². The Bertz CT molecular complexity index is 558. The second kappa shape index (κ2) is 9.03. The van der Waals surface area contributed by atoms with Crippen molar-refractivity contribution in [3.63, 3.8) is 0 Å². The van der Waals surface area contributed by atoms with Gasteiger partial charge in [-0.3, -0.25) is 0 Å². The van der Waals surface area contributed by atoms with Gasteiger partial charge in [-0.25, -0.2) is 4.98 Å². The van der Waals surface area contributed by atoms with Gasteiger partial charge in [0.15, 0.2) is 0 Å². The molecule has 4 heteroatoms. The number of benzene rings is 1. The monoisotopic (exact) mass is 299 g/mol. The van der Waals surface area contributed by atoms with Crippen LogP contribution in [0.15, 0.2) is 36.4 Å². The first-order chi connectivity index (χ1) is 10.8. The van der Waals surface area contributed by atoms with Crippen molar-refractivity contribution in [2.24, 2.45) is 0 Å². The number of rotatable bonds is 9. The Kier molecular flexibility index (Phi) is 6.68. The molecule has 0 bridgehead atoms. The fraction of sp³-hybridized carbons (Fsp3) is 0.444. The lowest BCUT2D eigenvalue weighted by Crippen LogP contribution is -2.02. The number of hydrogen-bond donors (Lipinski definition) is 1. The smallest absolute Gasteiger partial charge is 0.224 e. The average molecular weight is 299 g/mol. The predicted molar refractivity (Wildman–Crippen MR) is 90.0 cm³/mol. The quantitative estimate of drug-likeness (QED) is 0.678. The zero-order valence-corrected chi connectivity index (χ0v) is 13.3. The van der Waals surface area contributed by atoms with Crippen LogP contribution in [-0.4, -0.2) is 9.97 Å². The lowest BCUT2D eigenvalue weighted by Gasteiger charge is -2.07. The van der Waals surface area contributed by atoms with Crippen molar-refractivity contribution in [2.75, 3.05) is 5.73 Å². The molecule has 2 N–H and O–H groups in total. The summed E-state index contributed by atoms with van der Waals surface area (Å²) >= 11 is 0. The number of nitrogen functional groups attached to an aromatic ring is 1. The van der Waals surface area contributed by atoms with Crippen LogP contribution < -0.4 is 10.5 Å². The molecular formula is C18H25N3O. The molecule has 0 spiro atoms. The van der Waals surface area contributed by atoms with Gasteiger partial charge in [-0.05, 0) is 18.6 Å². The van der Waals surface area contributed by atoms with Gasteiger partial charge in [0.1, 0.15) is 17.4 Å². The van der Waals surface area contributed by atoms with Gasteiger partial charge in [0.2, 0.25) is 5.88 Å². The van der Waals surface area contributed by atoms with E-state index in [1.807, 2.05) is 30.3 Å². The van der Waals surface area contributed by atoms with Gasteiger partial charge in [-0.1, -0.05) is 57.2 Å². The summed E-state index contributed by atoms with van der Waals surface area (Å²) in [6, 6.07) is 11.3. The highest BCUT2D eigenvalue weighted by Crippen LogP contribution is 2.20. The Balaban J connectivity index is 1.87. The molecule has 4 nitrogen and oxygen atoms in total. The molecule has 118 valence electrons. The van der Waals surface area contributed by atoms with Crippen molar-refractivity contribution in [3.05, 3.63) is 42.2 Å². The van der Waals surface area contributed by atoms with Crippen LogP contribution in [0.1, 0.15) is 51.3 Å². The first-order valence-electron chi connectivity index (χ1n) is 8.14. The maximum atomic E-state index is 5.85. The second-order valence-corrected chi connectivity index (χ2v) is 5.48. The van der Waals surface area contributed by atoms with Crippen molar-refractivity contribution in [1.29, 1.82) is 0 Å². The van der Waals surface area contributed by atoms with Crippen molar-refractivity contribution < 1.29 is 4.74 Å². The van der Waals surface area contributed by atoms with Crippen LogP contribution in [-0.2, 0) is 6.42 Å². The highest BCUT2D eigenvalue weighted by molar-refractivity contribution is 5.35. The number of ether oxygens (including phenoxy) is 1. The van der Waals surface area contributed by atoms with Crippen LogP contribution in [0, 0.1) is 0 Å². The number of nitrogens with two attached hydrogens (primary N) is 1. The van der Waals surface area contributed by atoms with Gasteiger partial charge < -0.3 is 10.5 Å². The molecule has 22 heavy (non-hydrogen) atoms. The summed E-state index contributed by atoms with van der Waals surface area (Å²) < 4.78 is 5.73. The van der Waals surface area contributed by atoms with E-state index in [1.54, 1.807) is 6.07 Å². The number of aromatic nitrogens is 2. The topological polar surface area (TPSA) is 61.0 Å². The molecule has 1 aromatic carbocycles. The highest BCUT2D eigenvalue weighted by atomic mass is 16.5. The molecule has 0 saturated carbocycles. The van der Waals surface area contributed by atoms with E-state index in [9.17, 15) is 0 Å². The van der Waals surface area contributed by atoms with E-state index in [1.165, 1.54) is 32.1 Å². The molecule has 0 aliphatic rings. The van der Waals surface area contributed by atoms with Crippen LogP contribution in [0.5, 0.6) is 11.6 Å². The molecular weight excluding hydrogens is 274 g/mol. The Labute approximate surface area is 132 Å². The molecule has 2 aromatic rings. The Morgan fingerprint density at radius 1 is 0.955 bits per heavy atom. The van der Waals surface area contributed by atoms with Crippen molar-refractivity contribution in [3.8, 4) is 11.6 Å². The largest absolute Gasteiger partial charge is 0.439 e. The summed E-state index contributed by atoms with van der Waals surface area (Å²) in [5.41, 5.74) is 5.85. The third kappa shape index (κ3) is 5.72. The van der Waals surface area contributed by atoms with E-state index in [0.29, 0.717) is 11.7 Å². The number of para-hydroxylation sites is 1. The molecule has 1 heterocycles. The lowest BCUT2D eigenvalue weighted by atomic mass is 10.1. The summed E-state index contributed by atoms with van der Waals surface area (Å²) in [5, 5.41) is 0. The molecule has 0 saturated heterocycles. The molecule has 1 aromatic heterocycles. The van der Waals surface area contributed by atoms with E-state index in [-0.39, 0.29) is 0 Å². The van der Waals surface area contributed by atoms with Gasteiger partial charge in [0.25, 0.3) is 0 Å². The lowest BCUT2D eigenvalue weighted by molar-refractivity contribution is 0.458. The Morgan fingerprint density at radius 3 is 2.45 bits per heavy atom. The number of nitrogens with zero attached hydrogens (tertiary/aromatic N) is 2. The molecule has 0 aliphatic heterocycles. The summed E-state index contributed by atoms with van der Waals surface area (Å²) in [5.74, 6) is 2.49. The summed E-state index contributed by atoms with van der Waals surface area (Å²) in [6.07, 6.45) is 8.36. The van der Waals surface area contributed by atoms with E-state index in [4.69, 9.17) is 10.5 Å². The van der Waals surface area contributed by atoms with Gasteiger partial charge in [-0.2, -0.15) is 4.98 Å². The van der Waals surface area contributed by atoms with Crippen LogP contribution in [0.25, 0.3) is 0 Å². The van der Waals surface area contributed by atoms with Gasteiger partial charge >= 0.3 is 0 Å². The molecule has 0 atom stereocenters. The van der Waals surface area contributed by atoms with E-state index < -0.39 is 0 Å². The van der Waals surface area contributed by atoms with Gasteiger partial charge in [-0.15, -0.1) is 0 Å². The maximum absolute atomic E-state index is 5.85. The number of aryl methyl sites for hydroxylation is 1. The first-order valence-corrected chi connectivity index (χ1v) is 8.14. The first kappa shape index (κ1) is 16.3. The molecule has 0 aliphatic carbocycles. The Hall–Kier alpha value is -2.10. The molecule has 0 amide bonds. The second-order valence-electron chi connectivity index (χ2n) is 5.48. The number of anilines is 1. The fourth-order valence-corrected chi connectivity index (χ4v) is 2.33. The summed E-state index contributed by atoms with van der Waals surface area (Å²) in [7, 11) is 0. The van der Waals surface area contributed by atoms with E-state index in [0.717, 1.165) is 24.4 Å². The van der Waals surface area contributed by atoms with Crippen molar-refractivity contribution in [1.82, 2.24) is 9.97 Å². The zero-order chi connectivity index (χ0) is 15.6. The van der Waals surface area contributed by atoms with E-state index >= 15 is 0 Å².